The molecule has 1 aliphatic rings. The van der Waals surface area contributed by atoms with Crippen molar-refractivity contribution in [2.24, 2.45) is 11.8 Å². The molecule has 0 aromatic heterocycles. The molecular formula is C23H38N2O3. The van der Waals surface area contributed by atoms with Gasteiger partial charge in [0.2, 0.25) is 0 Å². The Morgan fingerprint density at radius 1 is 1.32 bits per heavy atom. The highest BCUT2D eigenvalue weighted by molar-refractivity contribution is 5.97. The summed E-state index contributed by atoms with van der Waals surface area (Å²) in [5.74, 6) is 1.91. The molecule has 1 saturated heterocycles. The molecule has 158 valence electrons. The minimum Gasteiger partial charge on any atom is -0.494 e. The van der Waals surface area contributed by atoms with Gasteiger partial charge in [0.15, 0.2) is 0 Å². The Labute approximate surface area is 170 Å². The Kier molecular flexibility index (Phi) is 8.77. The third-order valence-corrected chi connectivity index (χ3v) is 5.47. The van der Waals surface area contributed by atoms with Gasteiger partial charge in [0, 0.05) is 25.9 Å². The van der Waals surface area contributed by atoms with Crippen LogP contribution in [0.3, 0.4) is 0 Å². The van der Waals surface area contributed by atoms with Crippen LogP contribution in [-0.4, -0.2) is 49.8 Å². The molecule has 2 atom stereocenters. The highest BCUT2D eigenvalue weighted by Crippen LogP contribution is 2.23. The zero-order valence-electron chi connectivity index (χ0n) is 18.3. The van der Waals surface area contributed by atoms with Crippen LogP contribution in [0.1, 0.15) is 53.4 Å². The maximum Gasteiger partial charge on any atom is 0.256 e. The van der Waals surface area contributed by atoms with Crippen molar-refractivity contribution in [3.63, 3.8) is 0 Å². The summed E-state index contributed by atoms with van der Waals surface area (Å²) < 4.78 is 11.3. The van der Waals surface area contributed by atoms with Crippen LogP contribution >= 0.6 is 0 Å². The molecule has 28 heavy (non-hydrogen) atoms. The quantitative estimate of drug-likeness (QED) is 0.594. The summed E-state index contributed by atoms with van der Waals surface area (Å²) in [4.78, 5) is 15.1. The number of ether oxygens (including phenoxy) is 2. The summed E-state index contributed by atoms with van der Waals surface area (Å²) in [6.07, 6.45) is 4.38. The first-order valence-electron chi connectivity index (χ1n) is 10.6. The SMILES string of the molecule is CO[C@](C)(CC(C)C)C(=O)Nc1ccc(OCCCN2CCC[C@H](C)C2)cc1. The van der Waals surface area contributed by atoms with Gasteiger partial charge in [-0.15, -0.1) is 0 Å². The second-order valence-electron chi connectivity index (χ2n) is 8.76. The lowest BCUT2D eigenvalue weighted by atomic mass is 9.93. The van der Waals surface area contributed by atoms with Gasteiger partial charge in [-0.1, -0.05) is 20.8 Å². The molecule has 1 N–H and O–H groups in total. The van der Waals surface area contributed by atoms with Gasteiger partial charge >= 0.3 is 0 Å². The van der Waals surface area contributed by atoms with E-state index in [-0.39, 0.29) is 5.91 Å². The first-order valence-corrected chi connectivity index (χ1v) is 10.6. The second-order valence-corrected chi connectivity index (χ2v) is 8.76. The van der Waals surface area contributed by atoms with Gasteiger partial charge in [0.05, 0.1) is 6.61 Å². The fraction of sp³-hybridized carbons (Fsp3) is 0.696. The van der Waals surface area contributed by atoms with Crippen molar-refractivity contribution >= 4 is 11.6 Å². The summed E-state index contributed by atoms with van der Waals surface area (Å²) in [6.45, 7) is 12.6. The molecule has 0 bridgehead atoms. The van der Waals surface area contributed by atoms with Gasteiger partial charge in [-0.05, 0) is 75.3 Å². The molecule has 5 heteroatoms. The molecular weight excluding hydrogens is 352 g/mol. The molecule has 1 fully saturated rings. The van der Waals surface area contributed by atoms with Crippen LogP contribution in [0, 0.1) is 11.8 Å². The van der Waals surface area contributed by atoms with Crippen molar-refractivity contribution in [3.05, 3.63) is 24.3 Å². The number of hydrogen-bond donors (Lipinski definition) is 1. The number of benzene rings is 1. The van der Waals surface area contributed by atoms with E-state index in [2.05, 4.69) is 31.0 Å². The van der Waals surface area contributed by atoms with Gasteiger partial charge in [-0.3, -0.25) is 4.79 Å². The first-order chi connectivity index (χ1) is 13.3. The summed E-state index contributed by atoms with van der Waals surface area (Å²) in [7, 11) is 1.59. The third kappa shape index (κ3) is 7.10. The Bertz CT molecular complexity index is 602. The van der Waals surface area contributed by atoms with Crippen LogP contribution in [0.5, 0.6) is 5.75 Å². The van der Waals surface area contributed by atoms with Crippen LogP contribution in [0.2, 0.25) is 0 Å². The standard InChI is InChI=1S/C23H38N2O3/c1-18(2)16-23(4,27-5)22(26)24-20-9-11-21(12-10-20)28-15-7-14-25-13-6-8-19(3)17-25/h9-12,18-19H,6-8,13-17H2,1-5H3,(H,24,26)/t19-,23+/m0/s1. The highest BCUT2D eigenvalue weighted by Gasteiger charge is 2.33. The van der Waals surface area contributed by atoms with Crippen LogP contribution in [0.25, 0.3) is 0 Å². The summed E-state index contributed by atoms with van der Waals surface area (Å²) in [5, 5.41) is 2.95. The number of amides is 1. The molecule has 2 rings (SSSR count). The fourth-order valence-electron chi connectivity index (χ4n) is 3.91. The van der Waals surface area contributed by atoms with E-state index in [1.807, 2.05) is 31.2 Å². The van der Waals surface area contributed by atoms with Crippen molar-refractivity contribution < 1.29 is 14.3 Å². The minimum absolute atomic E-state index is 0.117. The number of carbonyl (C=O) groups is 1. The number of methoxy groups -OCH3 is 1. The van der Waals surface area contributed by atoms with E-state index in [9.17, 15) is 4.79 Å². The van der Waals surface area contributed by atoms with Crippen molar-refractivity contribution in [1.82, 2.24) is 4.90 Å². The Morgan fingerprint density at radius 3 is 2.64 bits per heavy atom. The largest absolute Gasteiger partial charge is 0.494 e. The monoisotopic (exact) mass is 390 g/mol. The van der Waals surface area contributed by atoms with Gasteiger partial charge in [0.1, 0.15) is 11.4 Å². The van der Waals surface area contributed by atoms with Crippen molar-refractivity contribution in [2.75, 3.05) is 38.7 Å². The molecule has 1 amide bonds. The Morgan fingerprint density at radius 2 is 2.04 bits per heavy atom. The van der Waals surface area contributed by atoms with E-state index in [4.69, 9.17) is 9.47 Å². The maximum atomic E-state index is 12.6. The molecule has 1 aliphatic heterocycles. The number of piperidine rings is 1. The molecule has 0 spiro atoms. The summed E-state index contributed by atoms with van der Waals surface area (Å²) in [6, 6.07) is 7.58. The van der Waals surface area contributed by atoms with E-state index in [0.29, 0.717) is 18.9 Å². The van der Waals surface area contributed by atoms with Crippen molar-refractivity contribution in [1.29, 1.82) is 0 Å². The average molecular weight is 391 g/mol. The second kappa shape index (κ2) is 10.8. The minimum atomic E-state index is -0.824. The first kappa shape index (κ1) is 22.7. The number of rotatable bonds is 10. The highest BCUT2D eigenvalue weighted by atomic mass is 16.5. The summed E-state index contributed by atoms with van der Waals surface area (Å²) >= 11 is 0. The number of anilines is 1. The van der Waals surface area contributed by atoms with Crippen LogP contribution in [0.15, 0.2) is 24.3 Å². The summed E-state index contributed by atoms with van der Waals surface area (Å²) in [5.41, 5.74) is -0.0679. The molecule has 0 unspecified atom stereocenters. The molecule has 0 aliphatic carbocycles. The zero-order valence-corrected chi connectivity index (χ0v) is 18.3. The Balaban J connectivity index is 1.75. The van der Waals surface area contributed by atoms with Gasteiger partial charge in [0.25, 0.3) is 5.91 Å². The van der Waals surface area contributed by atoms with Crippen LogP contribution in [0.4, 0.5) is 5.69 Å². The Hall–Kier alpha value is -1.59. The van der Waals surface area contributed by atoms with E-state index in [1.165, 1.54) is 25.9 Å². The van der Waals surface area contributed by atoms with E-state index in [1.54, 1.807) is 7.11 Å². The van der Waals surface area contributed by atoms with E-state index >= 15 is 0 Å². The molecule has 0 radical (unpaired) electrons. The number of carbonyl (C=O) groups excluding carboxylic acids is 1. The van der Waals surface area contributed by atoms with Gasteiger partial charge in [-0.25, -0.2) is 0 Å². The van der Waals surface area contributed by atoms with Gasteiger partial charge in [-0.2, -0.15) is 0 Å². The van der Waals surface area contributed by atoms with Crippen molar-refractivity contribution in [3.8, 4) is 5.75 Å². The topological polar surface area (TPSA) is 50.8 Å². The fourth-order valence-corrected chi connectivity index (χ4v) is 3.91. The van der Waals surface area contributed by atoms with Crippen molar-refractivity contribution in [2.45, 2.75) is 59.0 Å². The number of nitrogens with one attached hydrogen (secondary N) is 1. The third-order valence-electron chi connectivity index (χ3n) is 5.47. The van der Waals surface area contributed by atoms with Crippen LogP contribution < -0.4 is 10.1 Å². The van der Waals surface area contributed by atoms with E-state index < -0.39 is 5.60 Å². The molecule has 1 aromatic carbocycles. The van der Waals surface area contributed by atoms with E-state index in [0.717, 1.165) is 30.3 Å². The van der Waals surface area contributed by atoms with Gasteiger partial charge < -0.3 is 19.7 Å². The normalized spacial score (nSPS) is 20.0. The van der Waals surface area contributed by atoms with Crippen LogP contribution in [-0.2, 0) is 9.53 Å². The predicted molar refractivity (Wildman–Crippen MR) is 115 cm³/mol. The predicted octanol–water partition coefficient (Wildman–Crippen LogP) is 4.58. The molecule has 1 heterocycles. The number of likely N-dealkylation sites (tertiary alicyclic amines) is 1. The number of nitrogens with zero attached hydrogens (tertiary/aromatic N) is 1. The lowest BCUT2D eigenvalue weighted by Crippen LogP contribution is -2.43. The maximum absolute atomic E-state index is 12.6. The lowest BCUT2D eigenvalue weighted by molar-refractivity contribution is -0.137. The molecule has 0 saturated carbocycles. The zero-order chi connectivity index (χ0) is 20.6. The average Bonchev–Trinajstić information content (AvgIpc) is 2.66. The molecule has 5 nitrogen and oxygen atoms in total. The lowest BCUT2D eigenvalue weighted by Gasteiger charge is -2.30. The number of hydrogen-bond acceptors (Lipinski definition) is 4. The smallest absolute Gasteiger partial charge is 0.256 e. The molecule has 1 aromatic rings.